The van der Waals surface area contributed by atoms with E-state index in [4.69, 9.17) is 0 Å². The number of hydrazone groups is 1. The Morgan fingerprint density at radius 3 is 2.33 bits per heavy atom. The van der Waals surface area contributed by atoms with Gasteiger partial charge in [-0.05, 0) is 30.3 Å². The van der Waals surface area contributed by atoms with E-state index in [1.165, 1.54) is 12.1 Å². The molecule has 0 unspecified atom stereocenters. The quantitative estimate of drug-likeness (QED) is 0.511. The van der Waals surface area contributed by atoms with Gasteiger partial charge in [-0.15, -0.1) is 0 Å². The molecule has 0 aromatic heterocycles. The van der Waals surface area contributed by atoms with Crippen molar-refractivity contribution in [3.05, 3.63) is 79.6 Å². The third-order valence-electron chi connectivity index (χ3n) is 2.90. The van der Waals surface area contributed by atoms with Crippen molar-refractivity contribution in [3.8, 4) is 0 Å². The number of carbonyl (C=O) groups excluding carboxylic acids is 1. The Balaban J connectivity index is 2.16. The molecule has 0 aliphatic heterocycles. The summed E-state index contributed by atoms with van der Waals surface area (Å²) >= 11 is 0. The van der Waals surface area contributed by atoms with E-state index in [9.17, 15) is 29.4 Å². The highest BCUT2D eigenvalue weighted by Crippen LogP contribution is 2.23. The Bertz CT molecular complexity index is 836. The summed E-state index contributed by atoms with van der Waals surface area (Å²) in [6.07, 6.45) is 0.989. The van der Waals surface area contributed by atoms with Crippen molar-refractivity contribution in [1.82, 2.24) is 5.43 Å². The van der Waals surface area contributed by atoms with E-state index in [-0.39, 0.29) is 11.1 Å². The number of rotatable bonds is 5. The maximum absolute atomic E-state index is 12.8. The van der Waals surface area contributed by atoms with Crippen molar-refractivity contribution >= 4 is 23.5 Å². The summed E-state index contributed by atoms with van der Waals surface area (Å²) < 4.78 is 12.8. The molecule has 0 aliphatic carbocycles. The van der Waals surface area contributed by atoms with E-state index in [1.807, 2.05) is 0 Å². The van der Waals surface area contributed by atoms with Gasteiger partial charge in [0.15, 0.2) is 0 Å². The minimum atomic E-state index is -0.795. The zero-order valence-electron chi connectivity index (χ0n) is 11.9. The number of carbonyl (C=O) groups is 1. The molecule has 0 heterocycles. The zero-order chi connectivity index (χ0) is 17.7. The monoisotopic (exact) mass is 332 g/mol. The van der Waals surface area contributed by atoms with Gasteiger partial charge in [-0.3, -0.25) is 25.0 Å². The maximum atomic E-state index is 12.8. The lowest BCUT2D eigenvalue weighted by molar-refractivity contribution is -0.394. The van der Waals surface area contributed by atoms with Crippen molar-refractivity contribution in [3.63, 3.8) is 0 Å². The molecule has 24 heavy (non-hydrogen) atoms. The molecule has 0 fully saturated rings. The average Bonchev–Trinajstić information content (AvgIpc) is 2.55. The number of halogens is 1. The topological polar surface area (TPSA) is 128 Å². The first kappa shape index (κ1) is 16.7. The Labute approximate surface area is 133 Å². The fourth-order valence-corrected chi connectivity index (χ4v) is 1.74. The minimum absolute atomic E-state index is 0.0231. The van der Waals surface area contributed by atoms with Crippen molar-refractivity contribution in [2.45, 2.75) is 0 Å². The van der Waals surface area contributed by atoms with Crippen LogP contribution >= 0.6 is 0 Å². The first-order chi connectivity index (χ1) is 11.4. The van der Waals surface area contributed by atoms with Crippen LogP contribution in [0.15, 0.2) is 47.6 Å². The molecule has 0 atom stereocenters. The molecule has 1 amide bonds. The molecule has 2 aromatic carbocycles. The normalized spacial score (nSPS) is 10.5. The second kappa shape index (κ2) is 7.05. The molecule has 0 bridgehead atoms. The fraction of sp³-hybridized carbons (Fsp3) is 0. The largest absolute Gasteiger partial charge is 0.285 e. The van der Waals surface area contributed by atoms with Gasteiger partial charge in [0.1, 0.15) is 5.82 Å². The lowest BCUT2D eigenvalue weighted by Gasteiger charge is -2.00. The Morgan fingerprint density at radius 1 is 1.08 bits per heavy atom. The lowest BCUT2D eigenvalue weighted by Crippen LogP contribution is -2.17. The van der Waals surface area contributed by atoms with Crippen LogP contribution in [0.3, 0.4) is 0 Å². The van der Waals surface area contributed by atoms with Gasteiger partial charge in [-0.1, -0.05) is 0 Å². The molecule has 10 heteroatoms. The highest BCUT2D eigenvalue weighted by molar-refractivity contribution is 5.95. The van der Waals surface area contributed by atoms with E-state index in [2.05, 4.69) is 10.5 Å². The van der Waals surface area contributed by atoms with Crippen LogP contribution in [0.2, 0.25) is 0 Å². The van der Waals surface area contributed by atoms with Gasteiger partial charge >= 0.3 is 0 Å². The van der Waals surface area contributed by atoms with E-state index < -0.39 is 32.9 Å². The third kappa shape index (κ3) is 3.94. The van der Waals surface area contributed by atoms with Gasteiger partial charge in [0.05, 0.1) is 27.7 Å². The van der Waals surface area contributed by atoms with Gasteiger partial charge in [-0.25, -0.2) is 9.82 Å². The molecule has 0 saturated heterocycles. The zero-order valence-corrected chi connectivity index (χ0v) is 11.9. The number of nitro groups is 2. The molecule has 9 nitrogen and oxygen atoms in total. The molecule has 1 N–H and O–H groups in total. The number of benzene rings is 2. The summed E-state index contributed by atoms with van der Waals surface area (Å²) in [6, 6.07) is 7.70. The highest BCUT2D eigenvalue weighted by Gasteiger charge is 2.18. The minimum Gasteiger partial charge on any atom is -0.267 e. The Hall–Kier alpha value is -3.69. The van der Waals surface area contributed by atoms with Gasteiger partial charge in [0, 0.05) is 11.6 Å². The van der Waals surface area contributed by atoms with Crippen LogP contribution in [0.5, 0.6) is 0 Å². The number of hydrogen-bond donors (Lipinski definition) is 1. The SMILES string of the molecule is O=C(N/N=C/c1ccc([N+](=O)[O-])cc1[N+](=O)[O-])c1ccc(F)cc1. The number of nitrogens with zero attached hydrogens (tertiary/aromatic N) is 3. The van der Waals surface area contributed by atoms with Crippen LogP contribution in [0.1, 0.15) is 15.9 Å². The summed E-state index contributed by atoms with van der Waals surface area (Å²) in [6.45, 7) is 0. The highest BCUT2D eigenvalue weighted by atomic mass is 19.1. The van der Waals surface area contributed by atoms with Crippen molar-refractivity contribution < 1.29 is 19.0 Å². The summed E-state index contributed by atoms with van der Waals surface area (Å²) in [7, 11) is 0. The van der Waals surface area contributed by atoms with Gasteiger partial charge < -0.3 is 0 Å². The van der Waals surface area contributed by atoms with E-state index in [0.29, 0.717) is 0 Å². The number of non-ortho nitro benzene ring substituents is 1. The summed E-state index contributed by atoms with van der Waals surface area (Å²) in [5.74, 6) is -1.15. The van der Waals surface area contributed by atoms with Gasteiger partial charge in [0.25, 0.3) is 17.3 Å². The summed E-state index contributed by atoms with van der Waals surface area (Å²) in [4.78, 5) is 31.8. The van der Waals surface area contributed by atoms with E-state index in [0.717, 1.165) is 36.5 Å². The smallest absolute Gasteiger partial charge is 0.267 e. The second-order valence-electron chi connectivity index (χ2n) is 4.46. The Morgan fingerprint density at radius 2 is 1.75 bits per heavy atom. The Kier molecular flexibility index (Phi) is 4.90. The molecule has 2 aromatic rings. The standard InChI is InChI=1S/C14H9FN4O5/c15-11-4-1-9(2-5-11)14(20)17-16-8-10-3-6-12(18(21)22)7-13(10)19(23)24/h1-8H,(H,17,20)/b16-8+. The van der Waals surface area contributed by atoms with Crippen LogP contribution in [0.4, 0.5) is 15.8 Å². The lowest BCUT2D eigenvalue weighted by atomic mass is 10.2. The predicted octanol–water partition coefficient (Wildman–Crippen LogP) is 2.41. The van der Waals surface area contributed by atoms with Crippen LogP contribution in [-0.2, 0) is 0 Å². The van der Waals surface area contributed by atoms with Crippen molar-refractivity contribution in [2.75, 3.05) is 0 Å². The third-order valence-corrected chi connectivity index (χ3v) is 2.90. The van der Waals surface area contributed by atoms with Gasteiger partial charge in [-0.2, -0.15) is 5.10 Å². The molecule has 0 radical (unpaired) electrons. The predicted molar refractivity (Wildman–Crippen MR) is 81.2 cm³/mol. The second-order valence-corrected chi connectivity index (χ2v) is 4.46. The number of amides is 1. The van der Waals surface area contributed by atoms with E-state index >= 15 is 0 Å². The van der Waals surface area contributed by atoms with Crippen LogP contribution < -0.4 is 5.43 Å². The number of nitrogens with one attached hydrogen (secondary N) is 1. The number of nitro benzene ring substituents is 2. The maximum Gasteiger partial charge on any atom is 0.285 e. The summed E-state index contributed by atoms with van der Waals surface area (Å²) in [5.41, 5.74) is 1.28. The molecular formula is C14H9FN4O5. The fourth-order valence-electron chi connectivity index (χ4n) is 1.74. The van der Waals surface area contributed by atoms with E-state index in [1.54, 1.807) is 0 Å². The van der Waals surface area contributed by atoms with Crippen molar-refractivity contribution in [1.29, 1.82) is 0 Å². The molecule has 0 saturated carbocycles. The summed E-state index contributed by atoms with van der Waals surface area (Å²) in [5, 5.41) is 25.1. The van der Waals surface area contributed by atoms with Crippen molar-refractivity contribution in [2.24, 2.45) is 5.10 Å². The van der Waals surface area contributed by atoms with Crippen LogP contribution in [0.25, 0.3) is 0 Å². The molecule has 0 spiro atoms. The molecule has 2 rings (SSSR count). The average molecular weight is 332 g/mol. The molecule has 0 aliphatic rings. The van der Waals surface area contributed by atoms with Crippen LogP contribution in [-0.4, -0.2) is 22.0 Å². The molecular weight excluding hydrogens is 323 g/mol. The van der Waals surface area contributed by atoms with Crippen LogP contribution in [0, 0.1) is 26.0 Å². The first-order valence-corrected chi connectivity index (χ1v) is 6.40. The van der Waals surface area contributed by atoms with Gasteiger partial charge in [0.2, 0.25) is 0 Å². The number of hydrogen-bond acceptors (Lipinski definition) is 6. The molecule has 122 valence electrons. The first-order valence-electron chi connectivity index (χ1n) is 6.40.